The zero-order valence-corrected chi connectivity index (χ0v) is 14.6. The molecule has 1 aromatic carbocycles. The van der Waals surface area contributed by atoms with E-state index in [1.807, 2.05) is 0 Å². The van der Waals surface area contributed by atoms with Crippen molar-refractivity contribution in [3.63, 3.8) is 0 Å². The van der Waals surface area contributed by atoms with Crippen molar-refractivity contribution in [3.05, 3.63) is 59.9 Å². The Morgan fingerprint density at radius 3 is 2.69 bits per heavy atom. The van der Waals surface area contributed by atoms with Crippen molar-refractivity contribution in [1.82, 2.24) is 20.2 Å². The first-order valence-corrected chi connectivity index (χ1v) is 8.63. The van der Waals surface area contributed by atoms with Crippen molar-refractivity contribution >= 4 is 11.8 Å². The van der Waals surface area contributed by atoms with Gasteiger partial charge >= 0.3 is 0 Å². The third-order valence-electron chi connectivity index (χ3n) is 4.57. The lowest BCUT2D eigenvalue weighted by atomic mass is 9.90. The van der Waals surface area contributed by atoms with Crippen molar-refractivity contribution < 1.29 is 14.0 Å². The molecule has 0 saturated carbocycles. The van der Waals surface area contributed by atoms with Gasteiger partial charge in [0, 0.05) is 31.9 Å². The van der Waals surface area contributed by atoms with Crippen molar-refractivity contribution in [1.29, 1.82) is 0 Å². The van der Waals surface area contributed by atoms with E-state index >= 15 is 0 Å². The molecule has 2 atom stereocenters. The smallest absolute Gasteiger partial charge is 0.274 e. The lowest BCUT2D eigenvalue weighted by Gasteiger charge is -2.41. The van der Waals surface area contributed by atoms with Crippen LogP contribution in [0.4, 0.5) is 4.39 Å². The predicted molar refractivity (Wildman–Crippen MR) is 93.8 cm³/mol. The number of nitrogens with zero attached hydrogens (tertiary/aromatic N) is 3. The lowest BCUT2D eigenvalue weighted by molar-refractivity contribution is -0.120. The highest BCUT2D eigenvalue weighted by Crippen LogP contribution is 2.23. The summed E-state index contributed by atoms with van der Waals surface area (Å²) in [4.78, 5) is 34.4. The van der Waals surface area contributed by atoms with Gasteiger partial charge < -0.3 is 10.2 Å². The number of piperidine rings is 1. The van der Waals surface area contributed by atoms with Gasteiger partial charge in [0.05, 0.1) is 12.2 Å². The molecule has 7 heteroatoms. The van der Waals surface area contributed by atoms with E-state index in [0.717, 1.165) is 18.4 Å². The van der Waals surface area contributed by atoms with Gasteiger partial charge in [-0.2, -0.15) is 0 Å². The van der Waals surface area contributed by atoms with E-state index in [9.17, 15) is 14.0 Å². The van der Waals surface area contributed by atoms with Gasteiger partial charge in [-0.25, -0.2) is 9.37 Å². The summed E-state index contributed by atoms with van der Waals surface area (Å²) in [6.07, 6.45) is 6.55. The van der Waals surface area contributed by atoms with Crippen LogP contribution in [0.2, 0.25) is 0 Å². The maximum Gasteiger partial charge on any atom is 0.274 e. The van der Waals surface area contributed by atoms with Gasteiger partial charge in [-0.15, -0.1) is 0 Å². The first-order chi connectivity index (χ1) is 12.5. The summed E-state index contributed by atoms with van der Waals surface area (Å²) in [6, 6.07) is 5.83. The number of benzene rings is 1. The molecule has 1 N–H and O–H groups in total. The van der Waals surface area contributed by atoms with Crippen molar-refractivity contribution in [2.24, 2.45) is 0 Å². The van der Waals surface area contributed by atoms with Gasteiger partial charge in [-0.1, -0.05) is 12.1 Å². The van der Waals surface area contributed by atoms with Gasteiger partial charge in [0.15, 0.2) is 0 Å². The maximum atomic E-state index is 13.2. The zero-order valence-electron chi connectivity index (χ0n) is 14.6. The summed E-state index contributed by atoms with van der Waals surface area (Å²) in [6.45, 7) is 2.05. The molecule has 3 rings (SSSR count). The summed E-state index contributed by atoms with van der Waals surface area (Å²) in [5.74, 6) is -0.642. The molecule has 2 amide bonds. The van der Waals surface area contributed by atoms with E-state index in [4.69, 9.17) is 0 Å². The fourth-order valence-corrected chi connectivity index (χ4v) is 3.41. The van der Waals surface area contributed by atoms with Crippen LogP contribution in [-0.4, -0.2) is 45.3 Å². The molecular weight excluding hydrogens is 335 g/mol. The number of likely N-dealkylation sites (tertiary alicyclic amines) is 1. The Morgan fingerprint density at radius 2 is 2.04 bits per heavy atom. The molecule has 0 spiro atoms. The second-order valence-corrected chi connectivity index (χ2v) is 6.44. The largest absolute Gasteiger partial charge is 0.352 e. The van der Waals surface area contributed by atoms with E-state index in [1.54, 1.807) is 17.0 Å². The van der Waals surface area contributed by atoms with E-state index in [-0.39, 0.29) is 35.4 Å². The first-order valence-electron chi connectivity index (χ1n) is 8.63. The van der Waals surface area contributed by atoms with Crippen LogP contribution < -0.4 is 5.32 Å². The summed E-state index contributed by atoms with van der Waals surface area (Å²) < 4.78 is 13.2. The second-order valence-electron chi connectivity index (χ2n) is 6.44. The fraction of sp³-hybridized carbons (Fsp3) is 0.368. The van der Waals surface area contributed by atoms with Gasteiger partial charge in [-0.05, 0) is 37.0 Å². The van der Waals surface area contributed by atoms with Crippen LogP contribution in [0.25, 0.3) is 0 Å². The van der Waals surface area contributed by atoms with Crippen LogP contribution in [0.1, 0.15) is 35.8 Å². The Morgan fingerprint density at radius 1 is 1.27 bits per heavy atom. The van der Waals surface area contributed by atoms with E-state index in [1.165, 1.54) is 37.6 Å². The quantitative estimate of drug-likeness (QED) is 0.909. The van der Waals surface area contributed by atoms with Gasteiger partial charge in [-0.3, -0.25) is 14.6 Å². The predicted octanol–water partition coefficient (Wildman–Crippen LogP) is 1.97. The number of halogens is 1. The third-order valence-corrected chi connectivity index (χ3v) is 4.57. The van der Waals surface area contributed by atoms with Crippen LogP contribution in [0, 0.1) is 5.82 Å². The topological polar surface area (TPSA) is 75.2 Å². The van der Waals surface area contributed by atoms with Crippen LogP contribution >= 0.6 is 0 Å². The van der Waals surface area contributed by atoms with E-state index in [2.05, 4.69) is 15.3 Å². The molecule has 1 fully saturated rings. The Labute approximate surface area is 151 Å². The molecule has 26 heavy (non-hydrogen) atoms. The fourth-order valence-electron chi connectivity index (χ4n) is 3.41. The second kappa shape index (κ2) is 8.03. The van der Waals surface area contributed by atoms with Gasteiger partial charge in [0.2, 0.25) is 5.91 Å². The number of hydrogen-bond acceptors (Lipinski definition) is 4. The monoisotopic (exact) mass is 356 g/mol. The Balaban J connectivity index is 1.87. The zero-order chi connectivity index (χ0) is 18.5. The Kier molecular flexibility index (Phi) is 5.55. The van der Waals surface area contributed by atoms with E-state index in [0.29, 0.717) is 13.0 Å². The highest BCUT2D eigenvalue weighted by Gasteiger charge is 2.35. The Bertz CT molecular complexity index is 767. The normalized spacial score (nSPS) is 19.8. The molecule has 2 heterocycles. The molecule has 0 bridgehead atoms. The summed E-state index contributed by atoms with van der Waals surface area (Å²) >= 11 is 0. The van der Waals surface area contributed by atoms with Crippen molar-refractivity contribution in [2.75, 3.05) is 6.54 Å². The number of aromatic nitrogens is 2. The number of rotatable bonds is 4. The molecule has 0 unspecified atom stereocenters. The number of amides is 2. The number of carbonyl (C=O) groups is 2. The average Bonchev–Trinajstić information content (AvgIpc) is 2.64. The molecular formula is C19H21FN4O2. The molecule has 0 aliphatic carbocycles. The first kappa shape index (κ1) is 18.0. The molecule has 1 aliphatic rings. The van der Waals surface area contributed by atoms with Crippen LogP contribution in [-0.2, 0) is 11.2 Å². The summed E-state index contributed by atoms with van der Waals surface area (Å²) in [5, 5.41) is 2.96. The molecule has 1 aliphatic heterocycles. The minimum atomic E-state index is -0.303. The maximum absolute atomic E-state index is 13.2. The van der Waals surface area contributed by atoms with Crippen LogP contribution in [0.15, 0.2) is 42.9 Å². The molecule has 0 radical (unpaired) electrons. The SMILES string of the molecule is CC(=O)N[C@H]1CCCN(C(=O)c2cnccn2)[C@H]1Cc1ccc(F)cc1. The highest BCUT2D eigenvalue weighted by molar-refractivity contribution is 5.92. The number of nitrogens with one attached hydrogen (secondary N) is 1. The minimum Gasteiger partial charge on any atom is -0.352 e. The van der Waals surface area contributed by atoms with Crippen molar-refractivity contribution in [3.8, 4) is 0 Å². The molecule has 6 nitrogen and oxygen atoms in total. The van der Waals surface area contributed by atoms with Crippen LogP contribution in [0.5, 0.6) is 0 Å². The molecule has 1 saturated heterocycles. The van der Waals surface area contributed by atoms with Gasteiger partial charge in [0.1, 0.15) is 11.5 Å². The molecule has 1 aromatic heterocycles. The van der Waals surface area contributed by atoms with E-state index < -0.39 is 0 Å². The molecule has 2 aromatic rings. The molecule has 136 valence electrons. The summed E-state index contributed by atoms with van der Waals surface area (Å²) in [7, 11) is 0. The van der Waals surface area contributed by atoms with Crippen LogP contribution in [0.3, 0.4) is 0 Å². The van der Waals surface area contributed by atoms with Gasteiger partial charge in [0.25, 0.3) is 5.91 Å². The highest BCUT2D eigenvalue weighted by atomic mass is 19.1. The standard InChI is InChI=1S/C19H21FN4O2/c1-13(25)23-16-3-2-10-24(19(26)17-12-21-8-9-22-17)18(16)11-14-4-6-15(20)7-5-14/h4-9,12,16,18H,2-3,10-11H2,1H3,(H,23,25)/t16-,18-/m0/s1. The third kappa shape index (κ3) is 4.22. The minimum absolute atomic E-state index is 0.132. The number of carbonyl (C=O) groups excluding carboxylic acids is 2. The summed E-state index contributed by atoms with van der Waals surface area (Å²) in [5.41, 5.74) is 1.19. The average molecular weight is 356 g/mol. The van der Waals surface area contributed by atoms with Crippen molar-refractivity contribution in [2.45, 2.75) is 38.3 Å². The lowest BCUT2D eigenvalue weighted by Crippen LogP contribution is -2.57. The number of hydrogen-bond donors (Lipinski definition) is 1. The Hall–Kier alpha value is -2.83.